The monoisotopic (exact) mass is 492 g/mol. The molecule has 0 unspecified atom stereocenters. The van der Waals surface area contributed by atoms with E-state index in [1.165, 1.54) is 21.5 Å². The minimum atomic E-state index is -1.94. The van der Waals surface area contributed by atoms with Gasteiger partial charge >= 0.3 is 0 Å². The van der Waals surface area contributed by atoms with E-state index in [1.54, 1.807) is 0 Å². The molecule has 0 heterocycles. The van der Waals surface area contributed by atoms with Gasteiger partial charge in [0, 0.05) is 0 Å². The Bertz CT molecular complexity index is 884. The molecule has 32 heavy (non-hydrogen) atoms. The first kappa shape index (κ1) is 27.8. The minimum absolute atomic E-state index is 0.0333. The molecule has 2 aromatic rings. The molecule has 0 amide bonds. The van der Waals surface area contributed by atoms with Crippen molar-refractivity contribution in [3.05, 3.63) is 54.1 Å². The van der Waals surface area contributed by atoms with E-state index in [-0.39, 0.29) is 20.6 Å². The lowest BCUT2D eigenvalue weighted by Gasteiger charge is -2.47. The molecule has 0 nitrogen and oxygen atoms in total. The third-order valence-electron chi connectivity index (χ3n) is 6.88. The Morgan fingerprint density at radius 3 is 1.03 bits per heavy atom. The maximum Gasteiger partial charge on any atom is 0.156 e. The van der Waals surface area contributed by atoms with Gasteiger partial charge in [0.25, 0.3) is 0 Å². The number of benzene rings is 2. The normalized spacial score (nSPS) is 14.6. The van der Waals surface area contributed by atoms with Crippen molar-refractivity contribution in [1.29, 1.82) is 0 Å². The lowest BCUT2D eigenvalue weighted by molar-refractivity contribution is 0.703. The second kappa shape index (κ2) is 8.67. The quantitative estimate of drug-likeness (QED) is 0.375. The average Bonchev–Trinajstić information content (AvgIpc) is 2.59. The topological polar surface area (TPSA) is 0 Å². The number of hydrogen-bond acceptors (Lipinski definition) is 0. The second-order valence-electron chi connectivity index (χ2n) is 13.3. The Balaban J connectivity index is 2.85. The summed E-state index contributed by atoms with van der Waals surface area (Å²) in [4.78, 5) is 0. The summed E-state index contributed by atoms with van der Waals surface area (Å²) in [5.41, 5.74) is 1.32. The Labute approximate surface area is 205 Å². The van der Waals surface area contributed by atoms with E-state index in [9.17, 15) is 0 Å². The van der Waals surface area contributed by atoms with Crippen LogP contribution in [0.25, 0.3) is 0 Å². The summed E-state index contributed by atoms with van der Waals surface area (Å²) >= 11 is 7.62. The molecule has 2 rings (SSSR count). The van der Waals surface area contributed by atoms with Gasteiger partial charge in [-0.2, -0.15) is 0 Å². The van der Waals surface area contributed by atoms with Crippen molar-refractivity contribution in [3.8, 4) is 0 Å². The fourth-order valence-corrected chi connectivity index (χ4v) is 17.2. The van der Waals surface area contributed by atoms with Crippen molar-refractivity contribution < 1.29 is 0 Å². The molecule has 0 radical (unpaired) electrons. The lowest BCUT2D eigenvalue weighted by atomic mass is 10.2. The van der Waals surface area contributed by atoms with E-state index in [2.05, 4.69) is 139 Å². The summed E-state index contributed by atoms with van der Waals surface area (Å²) in [7, 11) is -1.77. The van der Waals surface area contributed by atoms with Crippen LogP contribution in [0.3, 0.4) is 0 Å². The Morgan fingerprint density at radius 1 is 0.469 bits per heavy atom. The molecule has 0 aliphatic carbocycles. The zero-order valence-corrected chi connectivity index (χ0v) is 25.4. The van der Waals surface area contributed by atoms with Gasteiger partial charge in [-0.05, 0) is 126 Å². The van der Waals surface area contributed by atoms with Gasteiger partial charge in [0.15, 0.2) is 6.62 Å². The average molecular weight is 493 g/mol. The van der Waals surface area contributed by atoms with Crippen molar-refractivity contribution >= 4 is 41.0 Å². The van der Waals surface area contributed by atoms with Crippen molar-refractivity contribution in [3.63, 3.8) is 0 Å². The van der Waals surface area contributed by atoms with Gasteiger partial charge in [-0.15, -0.1) is 0 Å². The van der Waals surface area contributed by atoms with E-state index in [4.69, 9.17) is 11.2 Å². The Kier molecular flexibility index (Phi) is 7.54. The Morgan fingerprint density at radius 2 is 0.750 bits per heavy atom. The van der Waals surface area contributed by atoms with Crippen molar-refractivity contribution in [2.75, 3.05) is 0 Å². The molecule has 178 valence electrons. The molecule has 0 spiro atoms. The fourth-order valence-electron chi connectivity index (χ4n) is 6.14. The standard InChI is InChI=1S/C29H47ClP2/c1-22-14-16-23(17-15-22)31(26(2,3)4,27(5,6)7)24-18-20-25(21-19-24)32(30,28(8,9)10)29(11,12)13/h14-21H,1-13H3/q+2. The minimum Gasteiger partial charge on any atom is -0.0554 e. The third kappa shape index (κ3) is 4.47. The molecule has 0 N–H and O–H groups in total. The molecule has 0 aliphatic heterocycles. The highest BCUT2D eigenvalue weighted by Gasteiger charge is 2.62. The van der Waals surface area contributed by atoms with Gasteiger partial charge in [-0.25, -0.2) is 0 Å². The van der Waals surface area contributed by atoms with Crippen LogP contribution >= 0.6 is 25.1 Å². The lowest BCUT2D eigenvalue weighted by Crippen LogP contribution is -2.46. The van der Waals surface area contributed by atoms with Crippen molar-refractivity contribution in [2.45, 2.75) is 111 Å². The first-order valence-corrected chi connectivity index (χ1v) is 16.4. The molecule has 3 heteroatoms. The molecular formula is C29H47ClP2+2. The van der Waals surface area contributed by atoms with Crippen LogP contribution in [0.4, 0.5) is 0 Å². The zero-order valence-electron chi connectivity index (χ0n) is 22.9. The van der Waals surface area contributed by atoms with Crippen LogP contribution < -0.4 is 15.9 Å². The van der Waals surface area contributed by atoms with Gasteiger partial charge in [0.1, 0.15) is 15.9 Å². The van der Waals surface area contributed by atoms with Gasteiger partial charge < -0.3 is 0 Å². The van der Waals surface area contributed by atoms with Crippen LogP contribution in [-0.2, 0) is 0 Å². The summed E-state index contributed by atoms with van der Waals surface area (Å²) in [6.45, 7) is 28.7. The van der Waals surface area contributed by atoms with Gasteiger partial charge in [0.2, 0.25) is 0 Å². The molecule has 0 bridgehead atoms. The fraction of sp³-hybridized carbons (Fsp3) is 0.586. The van der Waals surface area contributed by atoms with Crippen molar-refractivity contribution in [2.24, 2.45) is 0 Å². The predicted molar refractivity (Wildman–Crippen MR) is 155 cm³/mol. The maximum absolute atomic E-state index is 7.62. The first-order valence-electron chi connectivity index (χ1n) is 11.9. The Hall–Kier alpha value is -0.410. The summed E-state index contributed by atoms with van der Waals surface area (Å²) in [5.74, 6) is 0. The first-order chi connectivity index (χ1) is 14.2. The summed E-state index contributed by atoms with van der Waals surface area (Å²) in [5, 5.41) is 4.63. The molecule has 2 aromatic carbocycles. The highest BCUT2D eigenvalue weighted by Crippen LogP contribution is 2.80. The molecule has 0 aromatic heterocycles. The van der Waals surface area contributed by atoms with Crippen LogP contribution in [0.2, 0.25) is 0 Å². The van der Waals surface area contributed by atoms with Gasteiger partial charge in [-0.1, -0.05) is 17.7 Å². The molecule has 0 aliphatic rings. The molecule has 0 saturated carbocycles. The summed E-state index contributed by atoms with van der Waals surface area (Å²) in [6, 6.07) is 18.9. The SMILES string of the molecule is Cc1ccc([P+](c2ccc([P+](Cl)(C(C)(C)C)C(C)(C)C)cc2)(C(C)(C)C)C(C)(C)C)cc1. The highest BCUT2D eigenvalue weighted by molar-refractivity contribution is 8.06. The van der Waals surface area contributed by atoms with E-state index < -0.39 is 13.9 Å². The van der Waals surface area contributed by atoms with E-state index in [0.29, 0.717) is 0 Å². The zero-order chi connectivity index (χ0) is 25.0. The van der Waals surface area contributed by atoms with Gasteiger partial charge in [0.05, 0.1) is 39.1 Å². The predicted octanol–water partition coefficient (Wildman–Crippen LogP) is 8.95. The maximum atomic E-state index is 7.62. The van der Waals surface area contributed by atoms with Crippen LogP contribution in [0.5, 0.6) is 0 Å². The third-order valence-corrected chi connectivity index (χ3v) is 21.4. The number of halogens is 1. The van der Waals surface area contributed by atoms with E-state index in [0.717, 1.165) is 0 Å². The van der Waals surface area contributed by atoms with Crippen LogP contribution in [0.1, 0.15) is 88.6 Å². The smallest absolute Gasteiger partial charge is 0.0554 e. The second-order valence-corrected chi connectivity index (χ2v) is 24.3. The summed E-state index contributed by atoms with van der Waals surface area (Å²) in [6.07, 6.45) is 0. The highest BCUT2D eigenvalue weighted by atomic mass is 35.7. The van der Waals surface area contributed by atoms with Gasteiger partial charge in [-0.3, -0.25) is 0 Å². The number of aryl methyl sites for hydroxylation is 1. The van der Waals surface area contributed by atoms with E-state index >= 15 is 0 Å². The molecule has 0 fully saturated rings. The summed E-state index contributed by atoms with van der Waals surface area (Å²) < 4.78 is 0. The molecule has 0 saturated heterocycles. The van der Waals surface area contributed by atoms with Crippen LogP contribution in [0, 0.1) is 6.92 Å². The van der Waals surface area contributed by atoms with Crippen LogP contribution in [0.15, 0.2) is 48.5 Å². The van der Waals surface area contributed by atoms with E-state index in [1.807, 2.05) is 0 Å². The number of rotatable bonds is 3. The number of hydrogen-bond donors (Lipinski definition) is 0. The molecular weight excluding hydrogens is 446 g/mol. The van der Waals surface area contributed by atoms with Crippen LogP contribution in [-0.4, -0.2) is 20.6 Å². The van der Waals surface area contributed by atoms with Crippen molar-refractivity contribution in [1.82, 2.24) is 0 Å². The largest absolute Gasteiger partial charge is 0.156 e. The molecule has 0 atom stereocenters.